The van der Waals surface area contributed by atoms with Crippen molar-refractivity contribution in [1.29, 1.82) is 5.26 Å². The molecule has 21 heavy (non-hydrogen) atoms. The minimum absolute atomic E-state index is 0.0170. The fraction of sp³-hybridized carbons (Fsp3) is 0.143. The predicted molar refractivity (Wildman–Crippen MR) is 76.0 cm³/mol. The van der Waals surface area contributed by atoms with Crippen LogP contribution < -0.4 is 10.5 Å². The number of ether oxygens (including phenoxy) is 1. The van der Waals surface area contributed by atoms with Crippen LogP contribution >= 0.6 is 0 Å². The van der Waals surface area contributed by atoms with Gasteiger partial charge in [-0.2, -0.15) is 5.26 Å². The third-order valence-corrected chi connectivity index (χ3v) is 2.87. The van der Waals surface area contributed by atoms with E-state index in [-0.39, 0.29) is 17.3 Å². The van der Waals surface area contributed by atoms with E-state index in [0.717, 1.165) is 6.20 Å². The van der Waals surface area contributed by atoms with Gasteiger partial charge in [0.25, 0.3) is 0 Å². The molecule has 0 spiro atoms. The first-order valence-corrected chi connectivity index (χ1v) is 6.01. The molecule has 7 heteroatoms. The summed E-state index contributed by atoms with van der Waals surface area (Å²) in [4.78, 5) is 14.1. The zero-order valence-electron chi connectivity index (χ0n) is 11.5. The Kier molecular flexibility index (Phi) is 3.71. The third-order valence-electron chi connectivity index (χ3n) is 2.87. The second-order valence-electron chi connectivity index (χ2n) is 4.49. The zero-order valence-corrected chi connectivity index (χ0v) is 11.5. The van der Waals surface area contributed by atoms with E-state index in [2.05, 4.69) is 4.98 Å². The largest absolute Gasteiger partial charge is 0.449 e. The van der Waals surface area contributed by atoms with Crippen molar-refractivity contribution in [2.45, 2.75) is 13.8 Å². The second-order valence-corrected chi connectivity index (χ2v) is 4.49. The van der Waals surface area contributed by atoms with E-state index in [1.165, 1.54) is 6.07 Å². The lowest BCUT2D eigenvalue weighted by Crippen LogP contribution is -1.99. The quantitative estimate of drug-likeness (QED) is 0.684. The number of aromatic nitrogens is 1. The van der Waals surface area contributed by atoms with Crippen molar-refractivity contribution in [3.8, 4) is 17.6 Å². The van der Waals surface area contributed by atoms with Gasteiger partial charge in [0.2, 0.25) is 5.75 Å². The van der Waals surface area contributed by atoms with Crippen LogP contribution in [0.25, 0.3) is 0 Å². The highest BCUT2D eigenvalue weighted by atomic mass is 16.6. The Morgan fingerprint density at radius 3 is 2.48 bits per heavy atom. The Morgan fingerprint density at radius 1 is 1.33 bits per heavy atom. The fourth-order valence-electron chi connectivity index (χ4n) is 1.95. The van der Waals surface area contributed by atoms with Gasteiger partial charge in [-0.15, -0.1) is 0 Å². The molecule has 0 aliphatic carbocycles. The first kappa shape index (κ1) is 14.3. The topological polar surface area (TPSA) is 115 Å². The summed E-state index contributed by atoms with van der Waals surface area (Å²) in [7, 11) is 0. The van der Waals surface area contributed by atoms with Gasteiger partial charge < -0.3 is 10.5 Å². The van der Waals surface area contributed by atoms with Crippen molar-refractivity contribution < 1.29 is 9.66 Å². The Morgan fingerprint density at radius 2 is 1.95 bits per heavy atom. The van der Waals surface area contributed by atoms with E-state index in [0.29, 0.717) is 22.4 Å². The van der Waals surface area contributed by atoms with Crippen LogP contribution in [0.4, 0.5) is 11.5 Å². The van der Waals surface area contributed by atoms with Gasteiger partial charge in [0, 0.05) is 6.07 Å². The maximum atomic E-state index is 11.0. The average Bonchev–Trinajstić information content (AvgIpc) is 2.42. The Balaban J connectivity index is 2.51. The molecule has 0 amide bonds. The number of hydrogen-bond donors (Lipinski definition) is 1. The van der Waals surface area contributed by atoms with Crippen molar-refractivity contribution in [3.05, 3.63) is 51.2 Å². The zero-order chi connectivity index (χ0) is 15.6. The predicted octanol–water partition coefficient (Wildman–Crippen LogP) is 2.85. The van der Waals surface area contributed by atoms with Crippen molar-refractivity contribution in [2.75, 3.05) is 5.73 Å². The molecule has 0 radical (unpaired) electrons. The molecule has 2 N–H and O–H groups in total. The van der Waals surface area contributed by atoms with Crippen LogP contribution in [0, 0.1) is 35.3 Å². The Hall–Kier alpha value is -3.14. The van der Waals surface area contributed by atoms with Crippen LogP contribution in [0.3, 0.4) is 0 Å². The summed E-state index contributed by atoms with van der Waals surface area (Å²) in [6.07, 6.45) is 1.05. The maximum Gasteiger partial charge on any atom is 0.329 e. The summed E-state index contributed by atoms with van der Waals surface area (Å²) >= 11 is 0. The fourth-order valence-corrected chi connectivity index (χ4v) is 1.95. The third kappa shape index (κ3) is 2.90. The molecule has 0 saturated heterocycles. The van der Waals surface area contributed by atoms with E-state index in [9.17, 15) is 10.1 Å². The number of pyridine rings is 1. The summed E-state index contributed by atoms with van der Waals surface area (Å²) in [5.74, 6) is 0.602. The number of nitriles is 1. The molecule has 1 aromatic carbocycles. The number of benzene rings is 1. The summed E-state index contributed by atoms with van der Waals surface area (Å²) in [6.45, 7) is 3.53. The van der Waals surface area contributed by atoms with Crippen LogP contribution in [0.2, 0.25) is 0 Å². The molecule has 0 atom stereocenters. The van der Waals surface area contributed by atoms with Gasteiger partial charge in [-0.1, -0.05) is 0 Å². The van der Waals surface area contributed by atoms with Crippen LogP contribution in [0.5, 0.6) is 11.5 Å². The lowest BCUT2D eigenvalue weighted by Gasteiger charge is -2.12. The van der Waals surface area contributed by atoms with Gasteiger partial charge in [0.1, 0.15) is 17.8 Å². The van der Waals surface area contributed by atoms with E-state index in [1.807, 2.05) is 6.07 Å². The molecule has 0 unspecified atom stereocenters. The average molecular weight is 284 g/mol. The van der Waals surface area contributed by atoms with Gasteiger partial charge in [-0.3, -0.25) is 10.1 Å². The molecule has 0 aliphatic rings. The van der Waals surface area contributed by atoms with Crippen molar-refractivity contribution in [1.82, 2.24) is 4.98 Å². The number of aryl methyl sites for hydroxylation is 2. The van der Waals surface area contributed by atoms with Crippen LogP contribution in [0.15, 0.2) is 24.4 Å². The van der Waals surface area contributed by atoms with E-state index >= 15 is 0 Å². The molecule has 2 rings (SSSR count). The second kappa shape index (κ2) is 5.46. The first-order chi connectivity index (χ1) is 9.92. The monoisotopic (exact) mass is 284 g/mol. The van der Waals surface area contributed by atoms with Gasteiger partial charge in [-0.25, -0.2) is 4.98 Å². The summed E-state index contributed by atoms with van der Waals surface area (Å²) < 4.78 is 5.64. The minimum atomic E-state index is -0.587. The number of anilines is 1. The van der Waals surface area contributed by atoms with E-state index in [1.54, 1.807) is 26.0 Å². The molecule has 1 heterocycles. The molecule has 0 saturated carbocycles. The standard InChI is InChI=1S/C14H12N4O3/c1-8-3-10(6-15)4-9(2)14(8)21-12-5-13(16)17-7-11(12)18(19)20/h3-5,7H,1-2H3,(H2,16,17). The SMILES string of the molecule is Cc1cc(C#N)cc(C)c1Oc1cc(N)ncc1[N+](=O)[O-]. The highest BCUT2D eigenvalue weighted by Crippen LogP contribution is 2.35. The van der Waals surface area contributed by atoms with Gasteiger partial charge in [0.05, 0.1) is 16.6 Å². The van der Waals surface area contributed by atoms with Crippen molar-refractivity contribution >= 4 is 11.5 Å². The molecule has 0 aliphatic heterocycles. The number of rotatable bonds is 3. The van der Waals surface area contributed by atoms with Gasteiger partial charge in [-0.05, 0) is 37.1 Å². The number of nitro groups is 1. The Labute approximate surface area is 120 Å². The van der Waals surface area contributed by atoms with Crippen molar-refractivity contribution in [2.24, 2.45) is 0 Å². The lowest BCUT2D eigenvalue weighted by molar-refractivity contribution is -0.385. The smallest absolute Gasteiger partial charge is 0.329 e. The Bertz CT molecular complexity index is 742. The van der Waals surface area contributed by atoms with Crippen LogP contribution in [-0.4, -0.2) is 9.91 Å². The minimum Gasteiger partial charge on any atom is -0.449 e. The molecule has 106 valence electrons. The van der Waals surface area contributed by atoms with Crippen LogP contribution in [0.1, 0.15) is 16.7 Å². The number of hydrogen-bond acceptors (Lipinski definition) is 6. The lowest BCUT2D eigenvalue weighted by atomic mass is 10.1. The maximum absolute atomic E-state index is 11.0. The molecule has 7 nitrogen and oxygen atoms in total. The molecular weight excluding hydrogens is 272 g/mol. The van der Waals surface area contributed by atoms with Crippen LogP contribution in [-0.2, 0) is 0 Å². The van der Waals surface area contributed by atoms with Gasteiger partial charge in [0.15, 0.2) is 0 Å². The normalized spacial score (nSPS) is 9.95. The summed E-state index contributed by atoms with van der Waals surface area (Å²) in [6, 6.07) is 6.65. The summed E-state index contributed by atoms with van der Waals surface area (Å²) in [5.41, 5.74) is 7.19. The van der Waals surface area contributed by atoms with E-state index in [4.69, 9.17) is 15.7 Å². The number of nitrogens with two attached hydrogens (primary N) is 1. The van der Waals surface area contributed by atoms with E-state index < -0.39 is 4.92 Å². The summed E-state index contributed by atoms with van der Waals surface area (Å²) in [5, 5.41) is 19.9. The first-order valence-electron chi connectivity index (χ1n) is 6.01. The highest BCUT2D eigenvalue weighted by molar-refractivity contribution is 5.55. The van der Waals surface area contributed by atoms with Crippen molar-refractivity contribution in [3.63, 3.8) is 0 Å². The number of nitrogen functional groups attached to an aromatic ring is 1. The molecule has 0 bridgehead atoms. The molecule has 0 fully saturated rings. The molecule has 1 aromatic heterocycles. The van der Waals surface area contributed by atoms with Gasteiger partial charge >= 0.3 is 5.69 Å². The molecule has 2 aromatic rings. The molecular formula is C14H12N4O3. The number of nitrogens with zero attached hydrogens (tertiary/aromatic N) is 3. The highest BCUT2D eigenvalue weighted by Gasteiger charge is 2.19.